The highest BCUT2D eigenvalue weighted by Crippen LogP contribution is 2.32. The van der Waals surface area contributed by atoms with Gasteiger partial charge in [0.15, 0.2) is 0 Å². The summed E-state index contributed by atoms with van der Waals surface area (Å²) in [6.07, 6.45) is 3.51. The van der Waals surface area contributed by atoms with Crippen LogP contribution >= 0.6 is 0 Å². The maximum absolute atomic E-state index is 12.2. The van der Waals surface area contributed by atoms with Crippen molar-refractivity contribution in [3.63, 3.8) is 0 Å². The van der Waals surface area contributed by atoms with Gasteiger partial charge in [-0.2, -0.15) is 0 Å². The highest BCUT2D eigenvalue weighted by Gasteiger charge is 2.38. The zero-order chi connectivity index (χ0) is 13.2. The van der Waals surface area contributed by atoms with Gasteiger partial charge in [0.1, 0.15) is 5.75 Å². The number of nitrogens with one attached hydrogen (secondary N) is 1. The standard InChI is InChI=1S/C14H20N2O2/c1-10-5-4-8-14(15,9-10)13(18)16-11-6-2-3-7-12(11)17/h2-3,6-7,10,17H,4-5,8-9,15H2,1H3,(H,16,18). The minimum Gasteiger partial charge on any atom is -0.506 e. The molecule has 0 aromatic heterocycles. The number of aromatic hydroxyl groups is 1. The average molecular weight is 248 g/mol. The van der Waals surface area contributed by atoms with E-state index in [1.807, 2.05) is 0 Å². The minimum absolute atomic E-state index is 0.0679. The molecule has 2 rings (SSSR count). The molecule has 0 heterocycles. The van der Waals surface area contributed by atoms with Crippen molar-refractivity contribution in [1.29, 1.82) is 0 Å². The predicted molar refractivity (Wildman–Crippen MR) is 71.3 cm³/mol. The maximum Gasteiger partial charge on any atom is 0.244 e. The Morgan fingerprint density at radius 1 is 1.50 bits per heavy atom. The molecule has 1 amide bonds. The molecule has 4 nitrogen and oxygen atoms in total. The lowest BCUT2D eigenvalue weighted by atomic mass is 9.76. The van der Waals surface area contributed by atoms with Gasteiger partial charge in [0, 0.05) is 0 Å². The average Bonchev–Trinajstić information content (AvgIpc) is 2.31. The molecule has 1 saturated carbocycles. The van der Waals surface area contributed by atoms with Crippen LogP contribution in [0.3, 0.4) is 0 Å². The molecule has 0 radical (unpaired) electrons. The second-order valence-electron chi connectivity index (χ2n) is 5.33. The van der Waals surface area contributed by atoms with Crippen LogP contribution in [0, 0.1) is 5.92 Å². The summed E-state index contributed by atoms with van der Waals surface area (Å²) in [5.74, 6) is 0.340. The molecule has 0 bridgehead atoms. The van der Waals surface area contributed by atoms with E-state index in [-0.39, 0.29) is 11.7 Å². The smallest absolute Gasteiger partial charge is 0.244 e. The van der Waals surface area contributed by atoms with E-state index in [0.29, 0.717) is 24.4 Å². The number of benzene rings is 1. The Labute approximate surface area is 107 Å². The molecule has 0 saturated heterocycles. The first kappa shape index (κ1) is 12.9. The third-order valence-electron chi connectivity index (χ3n) is 3.64. The van der Waals surface area contributed by atoms with Crippen molar-refractivity contribution in [3.05, 3.63) is 24.3 Å². The number of hydrogen-bond acceptors (Lipinski definition) is 3. The monoisotopic (exact) mass is 248 g/mol. The van der Waals surface area contributed by atoms with E-state index in [2.05, 4.69) is 12.2 Å². The second kappa shape index (κ2) is 4.98. The lowest BCUT2D eigenvalue weighted by Gasteiger charge is -2.35. The summed E-state index contributed by atoms with van der Waals surface area (Å²) in [4.78, 5) is 12.2. The molecule has 1 aromatic carbocycles. The van der Waals surface area contributed by atoms with Crippen LogP contribution in [0.4, 0.5) is 5.69 Å². The van der Waals surface area contributed by atoms with Crippen LogP contribution < -0.4 is 11.1 Å². The fourth-order valence-corrected chi connectivity index (χ4v) is 2.62. The van der Waals surface area contributed by atoms with E-state index in [0.717, 1.165) is 12.8 Å². The van der Waals surface area contributed by atoms with Crippen molar-refractivity contribution in [2.75, 3.05) is 5.32 Å². The van der Waals surface area contributed by atoms with E-state index >= 15 is 0 Å². The minimum atomic E-state index is -0.806. The fourth-order valence-electron chi connectivity index (χ4n) is 2.62. The molecule has 4 heteroatoms. The Kier molecular flexibility index (Phi) is 3.57. The lowest BCUT2D eigenvalue weighted by molar-refractivity contribution is -0.122. The van der Waals surface area contributed by atoms with Crippen LogP contribution in [0.1, 0.15) is 32.6 Å². The van der Waals surface area contributed by atoms with Crippen LogP contribution in [0.15, 0.2) is 24.3 Å². The molecule has 1 aliphatic carbocycles. The summed E-state index contributed by atoms with van der Waals surface area (Å²) >= 11 is 0. The van der Waals surface area contributed by atoms with Crippen molar-refractivity contribution in [1.82, 2.24) is 0 Å². The first-order valence-corrected chi connectivity index (χ1v) is 6.39. The van der Waals surface area contributed by atoms with Gasteiger partial charge < -0.3 is 16.2 Å². The van der Waals surface area contributed by atoms with Gasteiger partial charge >= 0.3 is 0 Å². The number of rotatable bonds is 2. The molecule has 1 aromatic rings. The van der Waals surface area contributed by atoms with Gasteiger partial charge in [-0.05, 0) is 30.9 Å². The highest BCUT2D eigenvalue weighted by molar-refractivity contribution is 5.99. The molecule has 2 atom stereocenters. The molecular formula is C14H20N2O2. The first-order chi connectivity index (χ1) is 8.51. The Morgan fingerprint density at radius 2 is 2.22 bits per heavy atom. The molecule has 4 N–H and O–H groups in total. The van der Waals surface area contributed by atoms with Gasteiger partial charge in [-0.1, -0.05) is 31.9 Å². The van der Waals surface area contributed by atoms with E-state index in [4.69, 9.17) is 5.73 Å². The molecule has 0 aliphatic heterocycles. The zero-order valence-electron chi connectivity index (χ0n) is 10.6. The van der Waals surface area contributed by atoms with Crippen molar-refractivity contribution in [2.24, 2.45) is 11.7 Å². The number of nitrogens with two attached hydrogens (primary N) is 1. The molecule has 1 aliphatic rings. The molecule has 2 unspecified atom stereocenters. The SMILES string of the molecule is CC1CCCC(N)(C(=O)Nc2ccccc2O)C1. The lowest BCUT2D eigenvalue weighted by Crippen LogP contribution is -2.53. The van der Waals surface area contributed by atoms with Gasteiger partial charge in [-0.3, -0.25) is 4.79 Å². The van der Waals surface area contributed by atoms with Gasteiger partial charge in [0.2, 0.25) is 5.91 Å². The van der Waals surface area contributed by atoms with E-state index in [1.54, 1.807) is 24.3 Å². The number of carbonyl (C=O) groups excluding carboxylic acids is 1. The number of phenols is 1. The van der Waals surface area contributed by atoms with Crippen LogP contribution in [0.25, 0.3) is 0 Å². The van der Waals surface area contributed by atoms with E-state index < -0.39 is 5.54 Å². The van der Waals surface area contributed by atoms with Gasteiger partial charge in [-0.25, -0.2) is 0 Å². The van der Waals surface area contributed by atoms with E-state index in [9.17, 15) is 9.90 Å². The van der Waals surface area contributed by atoms with Gasteiger partial charge in [-0.15, -0.1) is 0 Å². The number of para-hydroxylation sites is 2. The predicted octanol–water partition coefficient (Wildman–Crippen LogP) is 2.24. The normalized spacial score (nSPS) is 27.8. The topological polar surface area (TPSA) is 75.4 Å². The molecule has 1 fully saturated rings. The highest BCUT2D eigenvalue weighted by atomic mass is 16.3. The van der Waals surface area contributed by atoms with Crippen molar-refractivity contribution in [2.45, 2.75) is 38.1 Å². The fraction of sp³-hybridized carbons (Fsp3) is 0.500. The third-order valence-corrected chi connectivity index (χ3v) is 3.64. The number of carbonyl (C=O) groups is 1. The number of phenolic OH excluding ortho intramolecular Hbond substituents is 1. The Morgan fingerprint density at radius 3 is 2.89 bits per heavy atom. The summed E-state index contributed by atoms with van der Waals surface area (Å²) in [5, 5.41) is 12.4. The Bertz CT molecular complexity index is 447. The first-order valence-electron chi connectivity index (χ1n) is 6.39. The van der Waals surface area contributed by atoms with Gasteiger partial charge in [0.05, 0.1) is 11.2 Å². The Balaban J connectivity index is 2.10. The number of hydrogen-bond donors (Lipinski definition) is 3. The number of anilines is 1. The van der Waals surface area contributed by atoms with Crippen molar-refractivity contribution in [3.8, 4) is 5.75 Å². The van der Waals surface area contributed by atoms with Crippen molar-refractivity contribution < 1.29 is 9.90 Å². The summed E-state index contributed by atoms with van der Waals surface area (Å²) in [7, 11) is 0. The van der Waals surface area contributed by atoms with Crippen LogP contribution in [-0.2, 0) is 4.79 Å². The summed E-state index contributed by atoms with van der Waals surface area (Å²) in [5.41, 5.74) is 5.81. The quantitative estimate of drug-likeness (QED) is 0.702. The second-order valence-corrected chi connectivity index (χ2v) is 5.33. The van der Waals surface area contributed by atoms with Gasteiger partial charge in [0.25, 0.3) is 0 Å². The molecule has 18 heavy (non-hydrogen) atoms. The zero-order valence-corrected chi connectivity index (χ0v) is 10.6. The Hall–Kier alpha value is -1.55. The molecule has 0 spiro atoms. The summed E-state index contributed by atoms with van der Waals surface area (Å²) < 4.78 is 0. The molecular weight excluding hydrogens is 228 g/mol. The van der Waals surface area contributed by atoms with E-state index in [1.165, 1.54) is 0 Å². The van der Waals surface area contributed by atoms with Crippen LogP contribution in [0.2, 0.25) is 0 Å². The summed E-state index contributed by atoms with van der Waals surface area (Å²) in [6.45, 7) is 2.12. The van der Waals surface area contributed by atoms with Crippen LogP contribution in [0.5, 0.6) is 5.75 Å². The molecule has 98 valence electrons. The number of amides is 1. The largest absolute Gasteiger partial charge is 0.506 e. The van der Waals surface area contributed by atoms with Crippen LogP contribution in [-0.4, -0.2) is 16.6 Å². The maximum atomic E-state index is 12.2. The summed E-state index contributed by atoms with van der Waals surface area (Å²) in [6, 6.07) is 6.69. The van der Waals surface area contributed by atoms with Crippen molar-refractivity contribution >= 4 is 11.6 Å². The third kappa shape index (κ3) is 2.64.